The van der Waals surface area contributed by atoms with Crippen LogP contribution in [0.25, 0.3) is 4.96 Å². The van der Waals surface area contributed by atoms with E-state index in [-0.39, 0.29) is 24.1 Å². The summed E-state index contributed by atoms with van der Waals surface area (Å²) in [6.07, 6.45) is 0.375. The average molecular weight is 374 g/mol. The molecule has 3 atom stereocenters. The molecule has 26 heavy (non-hydrogen) atoms. The summed E-state index contributed by atoms with van der Waals surface area (Å²) in [6, 6.07) is 8.59. The molecule has 1 fully saturated rings. The summed E-state index contributed by atoms with van der Waals surface area (Å²) in [7, 11) is 0. The zero-order valence-corrected chi connectivity index (χ0v) is 16.4. The molecule has 4 rings (SSSR count). The van der Waals surface area contributed by atoms with Gasteiger partial charge in [-0.15, -0.1) is 5.10 Å². The molecule has 0 saturated carbocycles. The van der Waals surface area contributed by atoms with Gasteiger partial charge >= 0.3 is 0 Å². The Kier molecular flexibility index (Phi) is 4.46. The zero-order valence-electron chi connectivity index (χ0n) is 15.6. The summed E-state index contributed by atoms with van der Waals surface area (Å²) >= 11 is 1.53. The van der Waals surface area contributed by atoms with Gasteiger partial charge in [-0.05, 0) is 33.8 Å². The summed E-state index contributed by atoms with van der Waals surface area (Å²) in [5.74, 6) is 0.877. The van der Waals surface area contributed by atoms with E-state index in [9.17, 15) is 5.11 Å². The lowest BCUT2D eigenvalue weighted by Crippen LogP contribution is -3.15. The van der Waals surface area contributed by atoms with E-state index in [0.29, 0.717) is 5.82 Å². The van der Waals surface area contributed by atoms with Crippen molar-refractivity contribution < 1.29 is 14.7 Å². The van der Waals surface area contributed by atoms with E-state index in [1.165, 1.54) is 27.4 Å². The molecule has 2 N–H and O–H groups in total. The number of nitrogens with one attached hydrogen (secondary N) is 1. The van der Waals surface area contributed by atoms with Gasteiger partial charge in [-0.2, -0.15) is 4.52 Å². The molecule has 0 bridgehead atoms. The number of hydrogen-bond donors (Lipinski definition) is 2. The summed E-state index contributed by atoms with van der Waals surface area (Å²) in [6.45, 7) is 9.98. The monoisotopic (exact) mass is 373 g/mol. The van der Waals surface area contributed by atoms with Crippen molar-refractivity contribution in [3.05, 3.63) is 46.1 Å². The normalized spacial score (nSPS) is 24.8. The number of fused-ring (bicyclic) bond motifs is 1. The summed E-state index contributed by atoms with van der Waals surface area (Å²) in [5.41, 5.74) is 2.42. The molecule has 1 aliphatic rings. The fourth-order valence-electron chi connectivity index (χ4n) is 4.01. The van der Waals surface area contributed by atoms with E-state index in [0.717, 1.165) is 22.9 Å². The van der Waals surface area contributed by atoms with Crippen molar-refractivity contribution >= 4 is 16.3 Å². The minimum absolute atomic E-state index is 0.0394. The standard InChI is InChI=1S/C19H24N4O2S/c1-11-6-5-7-15(8-11)16(22-9-12(2)25-13(3)10-22)17-18(24)23-19(26-17)20-14(4)21-23/h5-8,12-13,16,24H,9-10H2,1-4H3/p+1/t12-,13-,16+/m1/s1. The van der Waals surface area contributed by atoms with Crippen molar-refractivity contribution in [2.45, 2.75) is 45.9 Å². The quantitative estimate of drug-likeness (QED) is 0.736. The molecule has 0 amide bonds. The predicted molar refractivity (Wildman–Crippen MR) is 101 cm³/mol. The van der Waals surface area contributed by atoms with Crippen LogP contribution in [-0.2, 0) is 4.74 Å². The lowest BCUT2D eigenvalue weighted by molar-refractivity contribution is -0.939. The van der Waals surface area contributed by atoms with Gasteiger partial charge in [0.15, 0.2) is 6.04 Å². The van der Waals surface area contributed by atoms with E-state index in [1.807, 2.05) is 6.92 Å². The number of morpholine rings is 1. The Balaban J connectivity index is 1.84. The molecule has 2 aromatic heterocycles. The molecule has 1 aliphatic heterocycles. The Labute approximate surface area is 157 Å². The fraction of sp³-hybridized carbons (Fsp3) is 0.474. The van der Waals surface area contributed by atoms with Crippen LogP contribution < -0.4 is 4.90 Å². The van der Waals surface area contributed by atoms with Gasteiger partial charge in [0, 0.05) is 5.56 Å². The second kappa shape index (κ2) is 6.64. The van der Waals surface area contributed by atoms with Crippen LogP contribution in [0.15, 0.2) is 24.3 Å². The second-order valence-corrected chi connectivity index (χ2v) is 8.32. The number of rotatable bonds is 3. The van der Waals surface area contributed by atoms with E-state index in [1.54, 1.807) is 4.52 Å². The minimum Gasteiger partial charge on any atom is -0.492 e. The maximum Gasteiger partial charge on any atom is 0.235 e. The topological polar surface area (TPSA) is 64.1 Å². The van der Waals surface area contributed by atoms with Crippen LogP contribution in [-0.4, -0.2) is 45.0 Å². The van der Waals surface area contributed by atoms with Crippen LogP contribution >= 0.6 is 11.3 Å². The van der Waals surface area contributed by atoms with Crippen LogP contribution in [0.3, 0.4) is 0 Å². The maximum absolute atomic E-state index is 10.9. The number of nitrogens with zero attached hydrogens (tertiary/aromatic N) is 3. The Hall–Kier alpha value is -1.96. The third kappa shape index (κ3) is 3.11. The number of benzene rings is 1. The molecule has 6 nitrogen and oxygen atoms in total. The first-order valence-corrected chi connectivity index (χ1v) is 9.85. The van der Waals surface area contributed by atoms with Crippen LogP contribution in [0.2, 0.25) is 0 Å². The third-order valence-electron chi connectivity index (χ3n) is 4.92. The maximum atomic E-state index is 10.9. The van der Waals surface area contributed by atoms with Gasteiger partial charge in [0.1, 0.15) is 36.0 Å². The van der Waals surface area contributed by atoms with E-state index in [2.05, 4.69) is 55.1 Å². The fourth-order valence-corrected chi connectivity index (χ4v) is 5.20. The van der Waals surface area contributed by atoms with Crippen molar-refractivity contribution in [3.63, 3.8) is 0 Å². The highest BCUT2D eigenvalue weighted by Gasteiger charge is 2.37. The Morgan fingerprint density at radius 2 is 2.00 bits per heavy atom. The number of aromatic hydroxyl groups is 1. The van der Waals surface area contributed by atoms with Gasteiger partial charge in [-0.1, -0.05) is 35.1 Å². The molecule has 0 spiro atoms. The van der Waals surface area contributed by atoms with Gasteiger partial charge in [-0.3, -0.25) is 0 Å². The summed E-state index contributed by atoms with van der Waals surface area (Å²) < 4.78 is 7.50. The highest BCUT2D eigenvalue weighted by atomic mass is 32.1. The van der Waals surface area contributed by atoms with E-state index < -0.39 is 0 Å². The van der Waals surface area contributed by atoms with Gasteiger partial charge in [0.25, 0.3) is 0 Å². The van der Waals surface area contributed by atoms with Gasteiger partial charge < -0.3 is 14.7 Å². The van der Waals surface area contributed by atoms with Crippen molar-refractivity contribution in [1.29, 1.82) is 0 Å². The molecular weight excluding hydrogens is 348 g/mol. The first kappa shape index (κ1) is 17.5. The van der Waals surface area contributed by atoms with Crippen molar-refractivity contribution in [2.75, 3.05) is 13.1 Å². The largest absolute Gasteiger partial charge is 0.492 e. The number of aromatic nitrogens is 3. The molecule has 0 unspecified atom stereocenters. The van der Waals surface area contributed by atoms with Gasteiger partial charge in [0.2, 0.25) is 10.8 Å². The highest BCUT2D eigenvalue weighted by molar-refractivity contribution is 7.17. The van der Waals surface area contributed by atoms with Gasteiger partial charge in [-0.25, -0.2) is 4.98 Å². The molecule has 1 saturated heterocycles. The number of hydrogen-bond acceptors (Lipinski definition) is 5. The van der Waals surface area contributed by atoms with E-state index >= 15 is 0 Å². The van der Waals surface area contributed by atoms with Crippen molar-refractivity contribution in [2.24, 2.45) is 0 Å². The smallest absolute Gasteiger partial charge is 0.235 e. The Morgan fingerprint density at radius 1 is 1.27 bits per heavy atom. The van der Waals surface area contributed by atoms with Crippen molar-refractivity contribution in [3.8, 4) is 5.88 Å². The van der Waals surface area contributed by atoms with Crippen LogP contribution in [0.5, 0.6) is 5.88 Å². The zero-order chi connectivity index (χ0) is 18.4. The SMILES string of the molecule is Cc1cccc([C@@H](c2sc3nc(C)nn3c2O)[NH+]2C[C@@H](C)O[C@H](C)C2)c1. The first-order chi connectivity index (χ1) is 12.4. The minimum atomic E-state index is 0.0394. The number of aryl methyl sites for hydroxylation is 2. The summed E-state index contributed by atoms with van der Waals surface area (Å²) in [4.78, 5) is 7.50. The molecule has 138 valence electrons. The molecule has 1 aromatic carbocycles. The molecule has 0 radical (unpaired) electrons. The molecular formula is C19H25N4O2S+. The molecule has 3 heterocycles. The van der Waals surface area contributed by atoms with Crippen molar-refractivity contribution in [1.82, 2.24) is 14.6 Å². The number of thiazole rings is 1. The molecule has 0 aliphatic carbocycles. The summed E-state index contributed by atoms with van der Waals surface area (Å²) in [5, 5.41) is 15.2. The number of quaternary nitrogens is 1. The van der Waals surface area contributed by atoms with Crippen LogP contribution in [0, 0.1) is 13.8 Å². The number of ether oxygens (including phenoxy) is 1. The average Bonchev–Trinajstić information content (AvgIpc) is 3.05. The second-order valence-electron chi connectivity index (χ2n) is 7.31. The Bertz CT molecular complexity index is 925. The third-order valence-corrected chi connectivity index (χ3v) is 6.00. The molecule has 3 aromatic rings. The van der Waals surface area contributed by atoms with Crippen LogP contribution in [0.1, 0.15) is 41.7 Å². The van der Waals surface area contributed by atoms with E-state index in [4.69, 9.17) is 4.74 Å². The lowest BCUT2D eigenvalue weighted by Gasteiger charge is -2.37. The molecule has 7 heteroatoms. The predicted octanol–water partition coefficient (Wildman–Crippen LogP) is 1.89. The van der Waals surface area contributed by atoms with Crippen LogP contribution in [0.4, 0.5) is 0 Å². The highest BCUT2D eigenvalue weighted by Crippen LogP contribution is 2.35. The lowest BCUT2D eigenvalue weighted by atomic mass is 10.00. The Morgan fingerprint density at radius 3 is 2.65 bits per heavy atom. The first-order valence-electron chi connectivity index (χ1n) is 9.04. The van der Waals surface area contributed by atoms with Gasteiger partial charge in [0.05, 0.1) is 0 Å².